The van der Waals surface area contributed by atoms with Gasteiger partial charge in [0.1, 0.15) is 0 Å². The van der Waals surface area contributed by atoms with E-state index in [1.807, 2.05) is 0 Å². The summed E-state index contributed by atoms with van der Waals surface area (Å²) in [6.07, 6.45) is 0. The van der Waals surface area contributed by atoms with Crippen LogP contribution in [0.15, 0.2) is 127 Å². The molecule has 0 N–H and O–H groups in total. The summed E-state index contributed by atoms with van der Waals surface area (Å²) >= 11 is 0. The molecule has 0 amide bonds. The van der Waals surface area contributed by atoms with Crippen LogP contribution in [-0.4, -0.2) is 0 Å². The van der Waals surface area contributed by atoms with Gasteiger partial charge in [-0.1, -0.05) is 166 Å². The standard InChI is InChI=1S/C50H51N/c1-47(2,3)32-28-33(48(4,5)6)30-35(29-32)51(34-26-27-38-36-18-11-14-23-42(36)49(7,8)44(38)31-34)45-25-16-13-20-39(45)41-22-17-21-40-37-19-12-15-24-43(37)50(9,10)46(40)41/h11-31H,1-10H3. The maximum Gasteiger partial charge on any atom is 0.0540 e. The van der Waals surface area contributed by atoms with E-state index in [4.69, 9.17) is 0 Å². The molecule has 1 nitrogen and oxygen atoms in total. The van der Waals surface area contributed by atoms with Crippen molar-refractivity contribution in [3.8, 4) is 33.4 Å². The summed E-state index contributed by atoms with van der Waals surface area (Å²) in [5.41, 5.74) is 19.5. The van der Waals surface area contributed by atoms with Crippen LogP contribution in [0.4, 0.5) is 17.1 Å². The second kappa shape index (κ2) is 11.3. The lowest BCUT2D eigenvalue weighted by atomic mass is 9.78. The summed E-state index contributed by atoms with van der Waals surface area (Å²) in [6, 6.07) is 48.4. The van der Waals surface area contributed by atoms with Crippen LogP contribution < -0.4 is 4.90 Å². The van der Waals surface area contributed by atoms with Gasteiger partial charge in [-0.15, -0.1) is 0 Å². The minimum Gasteiger partial charge on any atom is -0.310 e. The van der Waals surface area contributed by atoms with Crippen LogP contribution in [0.5, 0.6) is 0 Å². The number of hydrogen-bond donors (Lipinski definition) is 0. The van der Waals surface area contributed by atoms with Gasteiger partial charge in [0, 0.05) is 27.8 Å². The summed E-state index contributed by atoms with van der Waals surface area (Å²) in [5.74, 6) is 0. The maximum atomic E-state index is 2.55. The molecule has 0 atom stereocenters. The molecule has 0 heterocycles. The first-order chi connectivity index (χ1) is 24.1. The van der Waals surface area contributed by atoms with Gasteiger partial charge in [0.15, 0.2) is 0 Å². The van der Waals surface area contributed by atoms with E-state index in [2.05, 4.69) is 202 Å². The highest BCUT2D eigenvalue weighted by Crippen LogP contribution is 2.55. The number of rotatable bonds is 4. The molecule has 0 fully saturated rings. The van der Waals surface area contributed by atoms with Crippen LogP contribution in [0, 0.1) is 0 Å². The molecular formula is C50H51N. The molecule has 0 spiro atoms. The fraction of sp³-hybridized carbons (Fsp3) is 0.280. The number of anilines is 3. The van der Waals surface area contributed by atoms with Gasteiger partial charge in [-0.2, -0.15) is 0 Å². The van der Waals surface area contributed by atoms with E-state index in [9.17, 15) is 0 Å². The minimum absolute atomic E-state index is 0.0151. The fourth-order valence-corrected chi connectivity index (χ4v) is 8.83. The van der Waals surface area contributed by atoms with Gasteiger partial charge in [-0.25, -0.2) is 0 Å². The van der Waals surface area contributed by atoms with Crippen molar-refractivity contribution in [2.45, 2.75) is 90.9 Å². The van der Waals surface area contributed by atoms with Crippen molar-refractivity contribution in [2.75, 3.05) is 4.90 Å². The first-order valence-corrected chi connectivity index (χ1v) is 18.6. The summed E-state index contributed by atoms with van der Waals surface area (Å²) < 4.78 is 0. The first kappa shape index (κ1) is 33.3. The molecule has 8 rings (SSSR count). The topological polar surface area (TPSA) is 3.24 Å². The van der Waals surface area contributed by atoms with Gasteiger partial charge in [0.2, 0.25) is 0 Å². The Morgan fingerprint density at radius 2 is 0.863 bits per heavy atom. The van der Waals surface area contributed by atoms with Crippen LogP contribution in [0.3, 0.4) is 0 Å². The second-order valence-corrected chi connectivity index (χ2v) is 17.9. The highest BCUT2D eigenvalue weighted by Gasteiger charge is 2.39. The van der Waals surface area contributed by atoms with Gasteiger partial charge >= 0.3 is 0 Å². The van der Waals surface area contributed by atoms with Crippen LogP contribution in [0.1, 0.15) is 103 Å². The highest BCUT2D eigenvalue weighted by atomic mass is 15.1. The highest BCUT2D eigenvalue weighted by molar-refractivity contribution is 5.95. The molecule has 0 bridgehead atoms. The predicted molar refractivity (Wildman–Crippen MR) is 219 cm³/mol. The monoisotopic (exact) mass is 665 g/mol. The zero-order valence-corrected chi connectivity index (χ0v) is 32.1. The zero-order chi connectivity index (χ0) is 36.1. The van der Waals surface area contributed by atoms with E-state index in [1.54, 1.807) is 0 Å². The molecule has 2 aliphatic carbocycles. The van der Waals surface area contributed by atoms with E-state index in [-0.39, 0.29) is 21.7 Å². The zero-order valence-electron chi connectivity index (χ0n) is 32.1. The van der Waals surface area contributed by atoms with Crippen LogP contribution in [0.2, 0.25) is 0 Å². The van der Waals surface area contributed by atoms with E-state index in [1.165, 1.54) is 83.8 Å². The van der Waals surface area contributed by atoms with Crippen molar-refractivity contribution in [1.29, 1.82) is 0 Å². The van der Waals surface area contributed by atoms with E-state index < -0.39 is 0 Å². The molecule has 256 valence electrons. The van der Waals surface area contributed by atoms with Gasteiger partial charge in [0.05, 0.1) is 5.69 Å². The SMILES string of the molecule is CC(C)(C)c1cc(N(c2ccc3c(c2)C(C)(C)c2ccccc2-3)c2ccccc2-c2cccc3c2C(C)(C)c2ccccc2-3)cc(C(C)(C)C)c1. The molecule has 0 aromatic heterocycles. The molecule has 0 saturated heterocycles. The average Bonchev–Trinajstić information content (AvgIpc) is 3.47. The number of hydrogen-bond acceptors (Lipinski definition) is 1. The van der Waals surface area contributed by atoms with E-state index in [0.29, 0.717) is 0 Å². The molecular weight excluding hydrogens is 615 g/mol. The molecule has 6 aromatic carbocycles. The van der Waals surface area contributed by atoms with Crippen LogP contribution in [0.25, 0.3) is 33.4 Å². The van der Waals surface area contributed by atoms with Crippen molar-refractivity contribution >= 4 is 17.1 Å². The molecule has 51 heavy (non-hydrogen) atoms. The van der Waals surface area contributed by atoms with Crippen molar-refractivity contribution in [2.24, 2.45) is 0 Å². The average molecular weight is 666 g/mol. The summed E-state index contributed by atoms with van der Waals surface area (Å²) in [5, 5.41) is 0. The normalized spacial score (nSPS) is 15.2. The third kappa shape index (κ3) is 5.19. The Balaban J connectivity index is 1.42. The quantitative estimate of drug-likeness (QED) is 0.181. The first-order valence-electron chi connectivity index (χ1n) is 18.6. The third-order valence-corrected chi connectivity index (χ3v) is 11.7. The smallest absolute Gasteiger partial charge is 0.0540 e. The van der Waals surface area contributed by atoms with Crippen LogP contribution in [-0.2, 0) is 21.7 Å². The lowest BCUT2D eigenvalue weighted by Gasteiger charge is -2.33. The van der Waals surface area contributed by atoms with Gasteiger partial charge in [0.25, 0.3) is 0 Å². The number of nitrogens with zero attached hydrogens (tertiary/aromatic N) is 1. The minimum atomic E-state index is -0.130. The molecule has 0 aliphatic heterocycles. The van der Waals surface area contributed by atoms with Crippen molar-refractivity contribution < 1.29 is 0 Å². The molecule has 0 radical (unpaired) electrons. The lowest BCUT2D eigenvalue weighted by Crippen LogP contribution is -2.20. The van der Waals surface area contributed by atoms with E-state index >= 15 is 0 Å². The Morgan fingerprint density at radius 1 is 0.392 bits per heavy atom. The van der Waals surface area contributed by atoms with Gasteiger partial charge in [-0.05, 0) is 102 Å². The molecule has 0 saturated carbocycles. The van der Waals surface area contributed by atoms with Crippen molar-refractivity contribution in [3.63, 3.8) is 0 Å². The van der Waals surface area contributed by atoms with Crippen molar-refractivity contribution in [3.05, 3.63) is 161 Å². The summed E-state index contributed by atoms with van der Waals surface area (Å²) in [6.45, 7) is 23.5. The molecule has 0 unspecified atom stereocenters. The molecule has 2 aliphatic rings. The maximum absolute atomic E-state index is 2.55. The number of fused-ring (bicyclic) bond motifs is 6. The molecule has 1 heteroatoms. The van der Waals surface area contributed by atoms with Gasteiger partial charge in [-0.3, -0.25) is 0 Å². The predicted octanol–water partition coefficient (Wildman–Crippen LogP) is 14.0. The number of benzene rings is 6. The summed E-state index contributed by atoms with van der Waals surface area (Å²) in [4.78, 5) is 2.55. The number of para-hydroxylation sites is 1. The second-order valence-electron chi connectivity index (χ2n) is 17.9. The fourth-order valence-electron chi connectivity index (χ4n) is 8.83. The Kier molecular flexibility index (Phi) is 7.38. The lowest BCUT2D eigenvalue weighted by molar-refractivity contribution is 0.569. The van der Waals surface area contributed by atoms with Crippen molar-refractivity contribution in [1.82, 2.24) is 0 Å². The molecule has 6 aromatic rings. The van der Waals surface area contributed by atoms with Gasteiger partial charge < -0.3 is 4.90 Å². The van der Waals surface area contributed by atoms with E-state index in [0.717, 1.165) is 0 Å². The Labute approximate surface area is 306 Å². The summed E-state index contributed by atoms with van der Waals surface area (Å²) in [7, 11) is 0. The largest absolute Gasteiger partial charge is 0.310 e. The Morgan fingerprint density at radius 3 is 1.47 bits per heavy atom. The third-order valence-electron chi connectivity index (χ3n) is 11.7. The van der Waals surface area contributed by atoms with Crippen LogP contribution >= 0.6 is 0 Å². The Hall–Kier alpha value is -4.88. The Bertz CT molecular complexity index is 2300.